The van der Waals surface area contributed by atoms with Crippen molar-refractivity contribution in [1.29, 1.82) is 0 Å². The smallest absolute Gasteiger partial charge is 0.226 e. The molecule has 0 bridgehead atoms. The Morgan fingerprint density at radius 1 is 1.21 bits per heavy atom. The third-order valence-electron chi connectivity index (χ3n) is 5.86. The second-order valence-electron chi connectivity index (χ2n) is 7.94. The van der Waals surface area contributed by atoms with E-state index in [1.54, 1.807) is 7.11 Å². The zero-order chi connectivity index (χ0) is 19.5. The van der Waals surface area contributed by atoms with Crippen molar-refractivity contribution < 1.29 is 13.9 Å². The number of piperidine rings is 1. The molecule has 150 valence electrons. The van der Waals surface area contributed by atoms with Crippen LogP contribution in [0.15, 0.2) is 28.7 Å². The lowest BCUT2D eigenvalue weighted by Crippen LogP contribution is -2.41. The van der Waals surface area contributed by atoms with E-state index in [4.69, 9.17) is 14.1 Å². The molecule has 2 aliphatic rings. The van der Waals surface area contributed by atoms with Crippen LogP contribution in [0.4, 0.5) is 0 Å². The molecular formula is C22H29N3O3. The first-order chi connectivity index (χ1) is 13.6. The molecule has 6 heteroatoms. The minimum atomic E-state index is 0.327. The van der Waals surface area contributed by atoms with Crippen LogP contribution in [-0.2, 0) is 11.3 Å². The zero-order valence-corrected chi connectivity index (χ0v) is 16.8. The van der Waals surface area contributed by atoms with Gasteiger partial charge in [-0.1, -0.05) is 0 Å². The predicted molar refractivity (Wildman–Crippen MR) is 107 cm³/mol. The van der Waals surface area contributed by atoms with Gasteiger partial charge in [0.15, 0.2) is 0 Å². The quantitative estimate of drug-likeness (QED) is 0.764. The Morgan fingerprint density at radius 3 is 2.75 bits per heavy atom. The second-order valence-corrected chi connectivity index (χ2v) is 7.94. The molecule has 2 aromatic rings. The predicted octanol–water partition coefficient (Wildman–Crippen LogP) is 3.49. The van der Waals surface area contributed by atoms with Gasteiger partial charge in [-0.05, 0) is 62.9 Å². The van der Waals surface area contributed by atoms with Crippen molar-refractivity contribution in [3.8, 4) is 17.2 Å². The maximum atomic E-state index is 11.9. The first kappa shape index (κ1) is 19.0. The number of carbonyl (C=O) groups excluding carboxylic acids is 1. The third-order valence-corrected chi connectivity index (χ3v) is 5.86. The van der Waals surface area contributed by atoms with E-state index in [-0.39, 0.29) is 0 Å². The molecule has 2 aliphatic heterocycles. The Morgan fingerprint density at radius 2 is 2.04 bits per heavy atom. The van der Waals surface area contributed by atoms with E-state index >= 15 is 0 Å². The highest BCUT2D eigenvalue weighted by Gasteiger charge is 2.27. The standard InChI is InChI=1S/C22H29N3O3/c1-16-20(23-22(28-16)18-7-9-19(27-2)10-8-18)15-24-11-3-5-17(13-24)14-25-12-4-6-21(25)26/h7-10,17H,3-6,11-15H2,1-2H3/t17-/m1/s1. The Hall–Kier alpha value is -2.34. The summed E-state index contributed by atoms with van der Waals surface area (Å²) in [6, 6.07) is 7.78. The van der Waals surface area contributed by atoms with Crippen molar-refractivity contribution in [2.45, 2.75) is 39.2 Å². The Bertz CT molecular complexity index is 815. The Kier molecular flexibility index (Phi) is 5.67. The van der Waals surface area contributed by atoms with E-state index in [1.807, 2.05) is 31.2 Å². The first-order valence-electron chi connectivity index (χ1n) is 10.2. The van der Waals surface area contributed by atoms with Crippen LogP contribution in [0.3, 0.4) is 0 Å². The van der Waals surface area contributed by atoms with Crippen LogP contribution in [0.1, 0.15) is 37.1 Å². The topological polar surface area (TPSA) is 58.8 Å². The lowest BCUT2D eigenvalue weighted by atomic mass is 9.97. The average molecular weight is 383 g/mol. The summed E-state index contributed by atoms with van der Waals surface area (Å²) in [5.41, 5.74) is 1.96. The maximum Gasteiger partial charge on any atom is 0.226 e. The fourth-order valence-electron chi connectivity index (χ4n) is 4.30. The maximum absolute atomic E-state index is 11.9. The molecule has 0 N–H and O–H groups in total. The molecule has 0 radical (unpaired) electrons. The lowest BCUT2D eigenvalue weighted by Gasteiger charge is -2.34. The van der Waals surface area contributed by atoms with Gasteiger partial charge in [0.2, 0.25) is 11.8 Å². The van der Waals surface area contributed by atoms with Gasteiger partial charge in [0.05, 0.1) is 12.8 Å². The van der Waals surface area contributed by atoms with E-state index in [0.717, 1.165) is 68.3 Å². The number of hydrogen-bond donors (Lipinski definition) is 0. The molecule has 0 unspecified atom stereocenters. The molecule has 2 saturated heterocycles. The Balaban J connectivity index is 1.39. The summed E-state index contributed by atoms with van der Waals surface area (Å²) in [4.78, 5) is 21.2. The number of amides is 1. The summed E-state index contributed by atoms with van der Waals surface area (Å²) in [6.07, 6.45) is 4.12. The monoisotopic (exact) mass is 383 g/mol. The summed E-state index contributed by atoms with van der Waals surface area (Å²) in [7, 11) is 1.66. The second kappa shape index (κ2) is 8.35. The van der Waals surface area contributed by atoms with Crippen molar-refractivity contribution in [3.63, 3.8) is 0 Å². The van der Waals surface area contributed by atoms with Crippen molar-refractivity contribution in [1.82, 2.24) is 14.8 Å². The molecule has 0 aliphatic carbocycles. The van der Waals surface area contributed by atoms with Gasteiger partial charge in [-0.25, -0.2) is 4.98 Å². The van der Waals surface area contributed by atoms with E-state index in [2.05, 4.69) is 9.80 Å². The van der Waals surface area contributed by atoms with E-state index in [0.29, 0.717) is 17.7 Å². The summed E-state index contributed by atoms with van der Waals surface area (Å²) < 4.78 is 11.1. The van der Waals surface area contributed by atoms with Gasteiger partial charge in [0.1, 0.15) is 11.5 Å². The van der Waals surface area contributed by atoms with Crippen LogP contribution in [-0.4, -0.2) is 54.0 Å². The van der Waals surface area contributed by atoms with Gasteiger partial charge in [0, 0.05) is 38.2 Å². The van der Waals surface area contributed by atoms with Crippen molar-refractivity contribution >= 4 is 5.91 Å². The number of aryl methyl sites for hydroxylation is 1. The van der Waals surface area contributed by atoms with Crippen LogP contribution in [0.25, 0.3) is 11.5 Å². The number of likely N-dealkylation sites (tertiary alicyclic amines) is 2. The number of oxazole rings is 1. The molecule has 1 amide bonds. The SMILES string of the molecule is COc1ccc(-c2nc(CN3CCC[C@@H](CN4CCCC4=O)C3)c(C)o2)cc1. The fourth-order valence-corrected chi connectivity index (χ4v) is 4.30. The van der Waals surface area contributed by atoms with Gasteiger partial charge in [-0.2, -0.15) is 0 Å². The van der Waals surface area contributed by atoms with Crippen LogP contribution in [0, 0.1) is 12.8 Å². The van der Waals surface area contributed by atoms with Gasteiger partial charge in [-0.15, -0.1) is 0 Å². The highest BCUT2D eigenvalue weighted by Crippen LogP contribution is 2.26. The normalized spacial score (nSPS) is 20.7. The molecule has 28 heavy (non-hydrogen) atoms. The van der Waals surface area contributed by atoms with Crippen LogP contribution in [0.5, 0.6) is 5.75 Å². The summed E-state index contributed by atoms with van der Waals surface area (Å²) in [6.45, 7) is 6.73. The molecule has 1 atom stereocenters. The molecule has 1 aromatic heterocycles. The minimum absolute atomic E-state index is 0.327. The molecular weight excluding hydrogens is 354 g/mol. The summed E-state index contributed by atoms with van der Waals surface area (Å²) in [5.74, 6) is 3.25. The number of ether oxygens (including phenoxy) is 1. The van der Waals surface area contributed by atoms with Crippen molar-refractivity contribution in [2.75, 3.05) is 33.3 Å². The van der Waals surface area contributed by atoms with Crippen molar-refractivity contribution in [2.24, 2.45) is 5.92 Å². The number of nitrogens with zero attached hydrogens (tertiary/aromatic N) is 3. The van der Waals surface area contributed by atoms with Crippen LogP contribution in [0.2, 0.25) is 0 Å². The number of methoxy groups -OCH3 is 1. The summed E-state index contributed by atoms with van der Waals surface area (Å²) >= 11 is 0. The molecule has 1 aromatic carbocycles. The number of hydrogen-bond acceptors (Lipinski definition) is 5. The number of rotatable bonds is 6. The summed E-state index contributed by atoms with van der Waals surface area (Å²) in [5, 5.41) is 0. The minimum Gasteiger partial charge on any atom is -0.497 e. The van der Waals surface area contributed by atoms with Crippen LogP contribution < -0.4 is 4.74 Å². The molecule has 2 fully saturated rings. The van der Waals surface area contributed by atoms with Crippen molar-refractivity contribution in [3.05, 3.63) is 35.7 Å². The first-order valence-corrected chi connectivity index (χ1v) is 10.2. The number of carbonyl (C=O) groups is 1. The van der Waals surface area contributed by atoms with Gasteiger partial charge in [-0.3, -0.25) is 9.69 Å². The highest BCUT2D eigenvalue weighted by atomic mass is 16.5. The largest absolute Gasteiger partial charge is 0.497 e. The van der Waals surface area contributed by atoms with E-state index in [1.165, 1.54) is 12.8 Å². The Labute approximate surface area is 166 Å². The van der Waals surface area contributed by atoms with Crippen LogP contribution >= 0.6 is 0 Å². The number of aromatic nitrogens is 1. The lowest BCUT2D eigenvalue weighted by molar-refractivity contribution is -0.128. The molecule has 3 heterocycles. The fraction of sp³-hybridized carbons (Fsp3) is 0.545. The van der Waals surface area contributed by atoms with Gasteiger partial charge >= 0.3 is 0 Å². The van der Waals surface area contributed by atoms with E-state index < -0.39 is 0 Å². The van der Waals surface area contributed by atoms with Gasteiger partial charge in [0.25, 0.3) is 0 Å². The zero-order valence-electron chi connectivity index (χ0n) is 16.8. The highest BCUT2D eigenvalue weighted by molar-refractivity contribution is 5.78. The van der Waals surface area contributed by atoms with Gasteiger partial charge < -0.3 is 14.1 Å². The number of benzene rings is 1. The molecule has 6 nitrogen and oxygen atoms in total. The van der Waals surface area contributed by atoms with E-state index in [9.17, 15) is 4.79 Å². The molecule has 4 rings (SSSR count). The average Bonchev–Trinajstić information content (AvgIpc) is 3.28. The third kappa shape index (κ3) is 4.22. The molecule has 0 saturated carbocycles. The molecule has 0 spiro atoms.